The number of nitrogens with one attached hydrogen (secondary N) is 2. The van der Waals surface area contributed by atoms with Crippen LogP contribution in [0.15, 0.2) is 18.3 Å². The molecule has 1 aromatic rings. The van der Waals surface area contributed by atoms with Gasteiger partial charge in [-0.1, -0.05) is 24.4 Å². The van der Waals surface area contributed by atoms with Crippen molar-refractivity contribution in [3.8, 4) is 0 Å². The number of anilines is 1. The molecule has 0 radical (unpaired) electrons. The molecular weight excluding hydrogens is 262 g/mol. The molecule has 5 heteroatoms. The molecule has 1 amide bonds. The van der Waals surface area contributed by atoms with Gasteiger partial charge in [-0.15, -0.1) is 0 Å². The van der Waals surface area contributed by atoms with Crippen molar-refractivity contribution >= 4 is 23.2 Å². The van der Waals surface area contributed by atoms with E-state index in [4.69, 9.17) is 11.6 Å². The normalized spacial score (nSPS) is 29.8. The van der Waals surface area contributed by atoms with Crippen molar-refractivity contribution in [1.82, 2.24) is 10.3 Å². The van der Waals surface area contributed by atoms with E-state index in [0.29, 0.717) is 22.8 Å². The zero-order valence-corrected chi connectivity index (χ0v) is 11.5. The van der Waals surface area contributed by atoms with Crippen molar-refractivity contribution in [3.05, 3.63) is 23.5 Å². The maximum Gasteiger partial charge on any atom is 0.241 e. The van der Waals surface area contributed by atoms with Gasteiger partial charge in [0.05, 0.1) is 17.9 Å². The Hall–Kier alpha value is -1.13. The third-order valence-corrected chi connectivity index (χ3v) is 4.40. The number of pyridine rings is 1. The molecule has 19 heavy (non-hydrogen) atoms. The molecule has 102 valence electrons. The maximum atomic E-state index is 12.2. The highest BCUT2D eigenvalue weighted by Crippen LogP contribution is 2.33. The highest BCUT2D eigenvalue weighted by atomic mass is 35.5. The van der Waals surface area contributed by atoms with Gasteiger partial charge in [0, 0.05) is 6.04 Å². The molecule has 2 fully saturated rings. The number of rotatable bonds is 2. The van der Waals surface area contributed by atoms with Gasteiger partial charge in [-0.2, -0.15) is 0 Å². The molecule has 0 bridgehead atoms. The molecule has 4 nitrogen and oxygen atoms in total. The maximum absolute atomic E-state index is 12.2. The summed E-state index contributed by atoms with van der Waals surface area (Å²) in [6, 6.07) is 3.92. The van der Waals surface area contributed by atoms with Crippen molar-refractivity contribution in [2.45, 2.75) is 44.2 Å². The van der Waals surface area contributed by atoms with E-state index in [1.54, 1.807) is 18.3 Å². The van der Waals surface area contributed by atoms with E-state index in [2.05, 4.69) is 15.6 Å². The molecule has 0 aromatic carbocycles. The predicted octanol–water partition coefficient (Wildman–Crippen LogP) is 2.59. The van der Waals surface area contributed by atoms with Crippen LogP contribution in [0.4, 0.5) is 5.69 Å². The summed E-state index contributed by atoms with van der Waals surface area (Å²) in [4.78, 5) is 16.2. The molecule has 1 saturated heterocycles. The van der Waals surface area contributed by atoms with Gasteiger partial charge in [-0.25, -0.2) is 4.98 Å². The van der Waals surface area contributed by atoms with Gasteiger partial charge in [-0.05, 0) is 37.3 Å². The smallest absolute Gasteiger partial charge is 0.241 e. The van der Waals surface area contributed by atoms with E-state index in [1.807, 2.05) is 0 Å². The molecule has 2 heterocycles. The van der Waals surface area contributed by atoms with Crippen LogP contribution in [0.5, 0.6) is 0 Å². The molecular formula is C14H18ClN3O. The summed E-state index contributed by atoms with van der Waals surface area (Å²) in [5.41, 5.74) is 0.700. The summed E-state index contributed by atoms with van der Waals surface area (Å²) in [6.07, 6.45) is 7.59. The van der Waals surface area contributed by atoms with E-state index in [0.717, 1.165) is 6.42 Å². The molecule has 0 spiro atoms. The van der Waals surface area contributed by atoms with Crippen LogP contribution >= 0.6 is 11.6 Å². The first kappa shape index (κ1) is 12.9. The summed E-state index contributed by atoms with van der Waals surface area (Å²) in [7, 11) is 0. The predicted molar refractivity (Wildman–Crippen MR) is 75.2 cm³/mol. The summed E-state index contributed by atoms with van der Waals surface area (Å²) < 4.78 is 0. The Morgan fingerprint density at radius 2 is 2.21 bits per heavy atom. The lowest BCUT2D eigenvalue weighted by molar-refractivity contribution is -0.117. The fourth-order valence-corrected chi connectivity index (χ4v) is 3.31. The van der Waals surface area contributed by atoms with Crippen LogP contribution in [0.3, 0.4) is 0 Å². The van der Waals surface area contributed by atoms with Crippen LogP contribution in [-0.4, -0.2) is 23.0 Å². The van der Waals surface area contributed by atoms with E-state index >= 15 is 0 Å². The number of aromatic nitrogens is 1. The standard InChI is InChI=1S/C14H18ClN3O/c15-13-6-5-10(8-16-13)17-14(19)12-7-9-3-1-2-4-11(9)18-12/h5-6,8-9,11-12,18H,1-4,7H2,(H,17,19). The van der Waals surface area contributed by atoms with E-state index in [9.17, 15) is 4.79 Å². The van der Waals surface area contributed by atoms with E-state index in [-0.39, 0.29) is 11.9 Å². The summed E-state index contributed by atoms with van der Waals surface area (Å²) in [5, 5.41) is 6.80. The van der Waals surface area contributed by atoms with Gasteiger partial charge in [0.1, 0.15) is 5.15 Å². The molecule has 1 saturated carbocycles. The monoisotopic (exact) mass is 279 g/mol. The van der Waals surface area contributed by atoms with Crippen LogP contribution < -0.4 is 10.6 Å². The number of fused-ring (bicyclic) bond motifs is 1. The molecule has 3 unspecified atom stereocenters. The van der Waals surface area contributed by atoms with Crippen molar-refractivity contribution in [2.24, 2.45) is 5.92 Å². The topological polar surface area (TPSA) is 54.0 Å². The van der Waals surface area contributed by atoms with Crippen molar-refractivity contribution < 1.29 is 4.79 Å². The first-order valence-electron chi connectivity index (χ1n) is 6.91. The first-order valence-corrected chi connectivity index (χ1v) is 7.28. The lowest BCUT2D eigenvalue weighted by Gasteiger charge is -2.24. The quantitative estimate of drug-likeness (QED) is 0.818. The van der Waals surface area contributed by atoms with Crippen molar-refractivity contribution in [3.63, 3.8) is 0 Å². The highest BCUT2D eigenvalue weighted by molar-refractivity contribution is 6.29. The molecule has 3 atom stereocenters. The molecule has 1 aliphatic carbocycles. The Morgan fingerprint density at radius 1 is 1.37 bits per heavy atom. The van der Waals surface area contributed by atoms with Gasteiger partial charge in [0.2, 0.25) is 5.91 Å². The van der Waals surface area contributed by atoms with Crippen LogP contribution in [0.1, 0.15) is 32.1 Å². The Kier molecular flexibility index (Phi) is 3.71. The number of halogens is 1. The summed E-state index contributed by atoms with van der Waals surface area (Å²) >= 11 is 5.72. The SMILES string of the molecule is O=C(Nc1ccc(Cl)nc1)C1CC2CCCCC2N1. The summed E-state index contributed by atoms with van der Waals surface area (Å²) in [6.45, 7) is 0. The lowest BCUT2D eigenvalue weighted by atomic mass is 9.85. The Morgan fingerprint density at radius 3 is 2.95 bits per heavy atom. The minimum Gasteiger partial charge on any atom is -0.323 e. The van der Waals surface area contributed by atoms with Crippen LogP contribution in [0.25, 0.3) is 0 Å². The number of hydrogen-bond acceptors (Lipinski definition) is 3. The number of amides is 1. The summed E-state index contributed by atoms with van der Waals surface area (Å²) in [5.74, 6) is 0.714. The van der Waals surface area contributed by atoms with Crippen LogP contribution in [0.2, 0.25) is 5.15 Å². The fourth-order valence-electron chi connectivity index (χ4n) is 3.20. The zero-order valence-electron chi connectivity index (χ0n) is 10.7. The molecule has 3 rings (SSSR count). The van der Waals surface area contributed by atoms with Crippen molar-refractivity contribution in [1.29, 1.82) is 0 Å². The number of nitrogens with zero attached hydrogens (tertiary/aromatic N) is 1. The van der Waals surface area contributed by atoms with Gasteiger partial charge >= 0.3 is 0 Å². The lowest BCUT2D eigenvalue weighted by Crippen LogP contribution is -2.39. The fraction of sp³-hybridized carbons (Fsp3) is 0.571. The number of hydrogen-bond donors (Lipinski definition) is 2. The highest BCUT2D eigenvalue weighted by Gasteiger charge is 2.38. The van der Waals surface area contributed by atoms with Crippen LogP contribution in [-0.2, 0) is 4.79 Å². The first-order chi connectivity index (χ1) is 9.22. The number of carbonyl (C=O) groups excluding carboxylic acids is 1. The molecule has 2 aliphatic rings. The minimum absolute atomic E-state index is 0.0403. The van der Waals surface area contributed by atoms with Crippen molar-refractivity contribution in [2.75, 3.05) is 5.32 Å². The van der Waals surface area contributed by atoms with Gasteiger partial charge in [0.15, 0.2) is 0 Å². The third-order valence-electron chi connectivity index (χ3n) is 4.17. The Balaban J connectivity index is 1.60. The number of carbonyl (C=O) groups is 1. The Labute approximate surface area is 117 Å². The second kappa shape index (κ2) is 5.47. The van der Waals surface area contributed by atoms with Gasteiger partial charge in [-0.3, -0.25) is 4.79 Å². The second-order valence-corrected chi connectivity index (χ2v) is 5.85. The largest absolute Gasteiger partial charge is 0.323 e. The van der Waals surface area contributed by atoms with Gasteiger partial charge in [0.25, 0.3) is 0 Å². The van der Waals surface area contributed by atoms with E-state index in [1.165, 1.54) is 25.7 Å². The Bertz CT molecular complexity index is 448. The zero-order chi connectivity index (χ0) is 13.2. The average Bonchev–Trinajstić information content (AvgIpc) is 2.85. The molecule has 1 aromatic heterocycles. The molecule has 1 aliphatic heterocycles. The van der Waals surface area contributed by atoms with Gasteiger partial charge < -0.3 is 10.6 Å². The minimum atomic E-state index is -0.0659. The average molecular weight is 280 g/mol. The van der Waals surface area contributed by atoms with Crippen LogP contribution in [0, 0.1) is 5.92 Å². The third kappa shape index (κ3) is 2.90. The molecule has 2 N–H and O–H groups in total. The van der Waals surface area contributed by atoms with E-state index < -0.39 is 0 Å². The second-order valence-electron chi connectivity index (χ2n) is 5.46.